The molecule has 80 valence electrons. The third-order valence-corrected chi connectivity index (χ3v) is 3.30. The molecule has 0 saturated carbocycles. The molecule has 4 heteroatoms. The molecule has 1 N–H and O–H groups in total. The van der Waals surface area contributed by atoms with E-state index < -0.39 is 0 Å². The lowest BCUT2D eigenvalue weighted by Crippen LogP contribution is -2.14. The fourth-order valence-electron chi connectivity index (χ4n) is 1.69. The Labute approximate surface area is 93.2 Å². The largest absolute Gasteiger partial charge is 0.302 e. The van der Waals surface area contributed by atoms with E-state index in [1.54, 1.807) is 0 Å². The van der Waals surface area contributed by atoms with Crippen molar-refractivity contribution in [3.63, 3.8) is 0 Å². The first-order valence-electron chi connectivity index (χ1n) is 5.12. The summed E-state index contributed by atoms with van der Waals surface area (Å²) in [6, 6.07) is 0. The summed E-state index contributed by atoms with van der Waals surface area (Å²) in [5.74, 6) is 0.493. The zero-order valence-electron chi connectivity index (χ0n) is 8.69. The minimum atomic E-state index is 0.0703. The molecule has 1 aromatic heterocycles. The molecule has 0 fully saturated rings. The van der Waals surface area contributed by atoms with Gasteiger partial charge in [-0.1, -0.05) is 12.2 Å². The van der Waals surface area contributed by atoms with Crippen molar-refractivity contribution < 1.29 is 4.79 Å². The maximum Gasteiger partial charge on any atom is 0.226 e. The molecule has 15 heavy (non-hydrogen) atoms. The Morgan fingerprint density at radius 2 is 2.60 bits per heavy atom. The first-order chi connectivity index (χ1) is 7.24. The molecule has 2 rings (SSSR count). The maximum absolute atomic E-state index is 11.6. The Kier molecular flexibility index (Phi) is 3.16. The number of aryl methyl sites for hydroxylation is 1. The number of carbonyl (C=O) groups excluding carboxylic acids is 1. The van der Waals surface area contributed by atoms with Crippen molar-refractivity contribution in [2.45, 2.75) is 26.2 Å². The van der Waals surface area contributed by atoms with E-state index in [0.717, 1.165) is 18.5 Å². The molecular weight excluding hydrogens is 208 g/mol. The van der Waals surface area contributed by atoms with Gasteiger partial charge in [-0.25, -0.2) is 4.98 Å². The lowest BCUT2D eigenvalue weighted by molar-refractivity contribution is -0.116. The fourth-order valence-corrected chi connectivity index (χ4v) is 2.39. The Morgan fingerprint density at radius 1 is 1.73 bits per heavy atom. The van der Waals surface area contributed by atoms with Crippen molar-refractivity contribution in [3.8, 4) is 0 Å². The highest BCUT2D eigenvalue weighted by Crippen LogP contribution is 2.21. The van der Waals surface area contributed by atoms with Crippen LogP contribution in [0.25, 0.3) is 0 Å². The Morgan fingerprint density at radius 3 is 3.20 bits per heavy atom. The normalized spacial score (nSPS) is 19.4. The molecule has 1 atom stereocenters. The molecule has 0 aliphatic heterocycles. The van der Waals surface area contributed by atoms with Crippen LogP contribution in [0.3, 0.4) is 0 Å². The van der Waals surface area contributed by atoms with Crippen LogP contribution in [-0.2, 0) is 4.79 Å². The van der Waals surface area contributed by atoms with Gasteiger partial charge in [0.05, 0.1) is 5.69 Å². The fraction of sp³-hybridized carbons (Fsp3) is 0.455. The lowest BCUT2D eigenvalue weighted by Gasteiger charge is -2.06. The highest BCUT2D eigenvalue weighted by atomic mass is 32.1. The molecule has 1 unspecified atom stereocenters. The van der Waals surface area contributed by atoms with E-state index in [0.29, 0.717) is 17.5 Å². The number of nitrogens with one attached hydrogen (secondary N) is 1. The molecule has 0 bridgehead atoms. The van der Waals surface area contributed by atoms with Gasteiger partial charge in [0, 0.05) is 11.8 Å². The van der Waals surface area contributed by atoms with Gasteiger partial charge in [-0.3, -0.25) is 4.79 Å². The van der Waals surface area contributed by atoms with Crippen LogP contribution in [0.5, 0.6) is 0 Å². The summed E-state index contributed by atoms with van der Waals surface area (Å²) < 4.78 is 0. The summed E-state index contributed by atoms with van der Waals surface area (Å²) in [5.41, 5.74) is 0.955. The topological polar surface area (TPSA) is 42.0 Å². The highest BCUT2D eigenvalue weighted by molar-refractivity contribution is 7.13. The maximum atomic E-state index is 11.6. The zero-order valence-corrected chi connectivity index (χ0v) is 9.51. The second-order valence-electron chi connectivity index (χ2n) is 3.81. The van der Waals surface area contributed by atoms with E-state index in [4.69, 9.17) is 0 Å². The van der Waals surface area contributed by atoms with Crippen LogP contribution in [0.4, 0.5) is 5.13 Å². The van der Waals surface area contributed by atoms with Gasteiger partial charge in [-0.2, -0.15) is 0 Å². The van der Waals surface area contributed by atoms with Crippen LogP contribution in [-0.4, -0.2) is 10.9 Å². The van der Waals surface area contributed by atoms with Crippen LogP contribution >= 0.6 is 11.3 Å². The number of hydrogen-bond acceptors (Lipinski definition) is 3. The number of thiazole rings is 1. The van der Waals surface area contributed by atoms with Crippen molar-refractivity contribution >= 4 is 22.4 Å². The monoisotopic (exact) mass is 222 g/mol. The molecule has 3 nitrogen and oxygen atoms in total. The number of aromatic nitrogens is 1. The Hall–Kier alpha value is -1.16. The van der Waals surface area contributed by atoms with E-state index in [1.165, 1.54) is 11.3 Å². The molecule has 0 saturated heterocycles. The third-order valence-electron chi connectivity index (χ3n) is 2.43. The molecule has 1 amide bonds. The predicted octanol–water partition coefficient (Wildman–Crippen LogP) is 2.75. The second-order valence-corrected chi connectivity index (χ2v) is 4.67. The Bertz CT molecular complexity index is 384. The molecule has 1 aliphatic carbocycles. The number of anilines is 1. The minimum Gasteiger partial charge on any atom is -0.302 e. The van der Waals surface area contributed by atoms with Gasteiger partial charge in [-0.05, 0) is 25.7 Å². The van der Waals surface area contributed by atoms with Crippen molar-refractivity contribution in [2.24, 2.45) is 5.92 Å². The number of carbonyl (C=O) groups is 1. The van der Waals surface area contributed by atoms with Crippen LogP contribution in [0.2, 0.25) is 0 Å². The highest BCUT2D eigenvalue weighted by Gasteiger charge is 2.14. The Balaban J connectivity index is 1.84. The van der Waals surface area contributed by atoms with Crippen molar-refractivity contribution in [1.82, 2.24) is 4.98 Å². The smallest absolute Gasteiger partial charge is 0.226 e. The SMILES string of the molecule is Cc1csc(NC(=O)CC2C=CCC2)n1. The van der Waals surface area contributed by atoms with Crippen LogP contribution in [0.15, 0.2) is 17.5 Å². The van der Waals surface area contributed by atoms with Gasteiger partial charge in [-0.15, -0.1) is 11.3 Å². The number of nitrogens with zero attached hydrogens (tertiary/aromatic N) is 1. The van der Waals surface area contributed by atoms with Gasteiger partial charge in [0.15, 0.2) is 5.13 Å². The molecule has 0 aromatic carbocycles. The molecule has 0 radical (unpaired) electrons. The number of allylic oxidation sites excluding steroid dienone is 2. The van der Waals surface area contributed by atoms with Crippen LogP contribution in [0.1, 0.15) is 25.0 Å². The molecule has 1 aliphatic rings. The summed E-state index contributed by atoms with van der Waals surface area (Å²) in [5, 5.41) is 5.47. The first-order valence-corrected chi connectivity index (χ1v) is 6.00. The quantitative estimate of drug-likeness (QED) is 0.799. The second kappa shape index (κ2) is 4.57. The van der Waals surface area contributed by atoms with Gasteiger partial charge in [0.2, 0.25) is 5.91 Å². The van der Waals surface area contributed by atoms with Crippen molar-refractivity contribution in [2.75, 3.05) is 5.32 Å². The van der Waals surface area contributed by atoms with Gasteiger partial charge in [0.1, 0.15) is 0 Å². The summed E-state index contributed by atoms with van der Waals surface area (Å²) in [6.07, 6.45) is 7.06. The summed E-state index contributed by atoms with van der Waals surface area (Å²) in [6.45, 7) is 1.92. The molecule has 1 heterocycles. The van der Waals surface area contributed by atoms with Gasteiger partial charge >= 0.3 is 0 Å². The average Bonchev–Trinajstić information content (AvgIpc) is 2.77. The minimum absolute atomic E-state index is 0.0703. The van der Waals surface area contributed by atoms with E-state index in [1.807, 2.05) is 12.3 Å². The summed E-state index contributed by atoms with van der Waals surface area (Å²) >= 11 is 1.47. The summed E-state index contributed by atoms with van der Waals surface area (Å²) in [4.78, 5) is 15.8. The first kappa shape index (κ1) is 10.4. The van der Waals surface area contributed by atoms with Crippen molar-refractivity contribution in [1.29, 1.82) is 0 Å². The van der Waals surface area contributed by atoms with E-state index >= 15 is 0 Å². The van der Waals surface area contributed by atoms with Crippen molar-refractivity contribution in [3.05, 3.63) is 23.2 Å². The van der Waals surface area contributed by atoms with Gasteiger partial charge < -0.3 is 5.32 Å². The van der Waals surface area contributed by atoms with E-state index in [-0.39, 0.29) is 5.91 Å². The molecular formula is C11H14N2OS. The standard InChI is InChI=1S/C11H14N2OS/c1-8-7-15-11(12-8)13-10(14)6-9-4-2-3-5-9/h2,4,7,9H,3,5-6H2,1H3,(H,12,13,14). The van der Waals surface area contributed by atoms with Crippen LogP contribution < -0.4 is 5.32 Å². The number of rotatable bonds is 3. The molecule has 0 spiro atoms. The predicted molar refractivity (Wildman–Crippen MR) is 62.0 cm³/mol. The van der Waals surface area contributed by atoms with Gasteiger partial charge in [0.25, 0.3) is 0 Å². The summed E-state index contributed by atoms with van der Waals surface area (Å²) in [7, 11) is 0. The number of amides is 1. The number of hydrogen-bond donors (Lipinski definition) is 1. The van der Waals surface area contributed by atoms with E-state index in [2.05, 4.69) is 22.5 Å². The van der Waals surface area contributed by atoms with E-state index in [9.17, 15) is 4.79 Å². The molecule has 1 aromatic rings. The van der Waals surface area contributed by atoms with Crippen LogP contribution in [0, 0.1) is 12.8 Å². The lowest BCUT2D eigenvalue weighted by atomic mass is 10.1. The average molecular weight is 222 g/mol. The third kappa shape index (κ3) is 2.89. The zero-order chi connectivity index (χ0) is 10.7.